The Kier molecular flexibility index (Phi) is 8.93. The molecule has 3 amide bonds. The second kappa shape index (κ2) is 11.9. The predicted molar refractivity (Wildman–Crippen MR) is 137 cm³/mol. The molecule has 0 bridgehead atoms. The third-order valence-corrected chi connectivity index (χ3v) is 6.07. The van der Waals surface area contributed by atoms with E-state index in [1.54, 1.807) is 37.3 Å². The first kappa shape index (κ1) is 27.0. The number of hydrogen-bond acceptors (Lipinski definition) is 8. The Morgan fingerprint density at radius 1 is 1.19 bits per heavy atom. The monoisotopic (exact) mass is 624 g/mol. The second-order valence-corrected chi connectivity index (χ2v) is 9.15. The fourth-order valence-electron chi connectivity index (χ4n) is 3.34. The number of rotatable bonds is 8. The molecule has 13 heteroatoms. The molecule has 0 fully saturated rings. The van der Waals surface area contributed by atoms with Crippen molar-refractivity contribution in [3.05, 3.63) is 61.7 Å². The number of phenols is 1. The molecule has 0 saturated carbocycles. The highest BCUT2D eigenvalue weighted by Crippen LogP contribution is 2.34. The molecule has 3 rings (SSSR count). The first-order valence-corrected chi connectivity index (χ1v) is 11.9. The highest BCUT2D eigenvalue weighted by atomic mass is 79.9. The van der Waals surface area contributed by atoms with Gasteiger partial charge in [0, 0.05) is 15.7 Å². The highest BCUT2D eigenvalue weighted by Gasteiger charge is 2.32. The molecule has 0 radical (unpaired) electrons. The maximum atomic E-state index is 12.3. The summed E-state index contributed by atoms with van der Waals surface area (Å²) in [6.45, 7) is 1.22. The molecule has 1 atom stereocenters. The zero-order valence-corrected chi connectivity index (χ0v) is 22.5. The normalized spacial score (nSPS) is 15.2. The highest BCUT2D eigenvalue weighted by molar-refractivity contribution is 9.11. The average Bonchev–Trinajstić information content (AvgIpc) is 2.84. The first-order valence-electron chi connectivity index (χ1n) is 10.3. The van der Waals surface area contributed by atoms with Crippen LogP contribution in [0.3, 0.4) is 0 Å². The Bertz CT molecular complexity index is 1260. The summed E-state index contributed by atoms with van der Waals surface area (Å²) in [7, 11) is 2.67. The average molecular weight is 626 g/mol. The fourth-order valence-corrected chi connectivity index (χ4v) is 4.60. The number of nitrogens with zero attached hydrogens (tertiary/aromatic N) is 1. The Labute approximate surface area is 223 Å². The molecule has 1 heterocycles. The van der Waals surface area contributed by atoms with Crippen LogP contribution >= 0.6 is 31.9 Å². The van der Waals surface area contributed by atoms with Crippen molar-refractivity contribution in [2.75, 3.05) is 20.8 Å². The van der Waals surface area contributed by atoms with Gasteiger partial charge in [-0.05, 0) is 52.7 Å². The minimum Gasteiger partial charge on any atom is -0.506 e. The van der Waals surface area contributed by atoms with Crippen LogP contribution in [0.2, 0.25) is 0 Å². The quantitative estimate of drug-likeness (QED) is 0.200. The van der Waals surface area contributed by atoms with Gasteiger partial charge in [0.2, 0.25) is 0 Å². The van der Waals surface area contributed by atoms with Crippen molar-refractivity contribution in [3.63, 3.8) is 0 Å². The van der Waals surface area contributed by atoms with E-state index in [0.29, 0.717) is 25.8 Å². The lowest BCUT2D eigenvalue weighted by Gasteiger charge is -2.28. The number of benzene rings is 2. The number of nitrogens with one attached hydrogen (secondary N) is 3. The number of halogens is 2. The van der Waals surface area contributed by atoms with E-state index in [0.717, 1.165) is 0 Å². The number of methoxy groups -OCH3 is 2. The number of hydrogen-bond donors (Lipinski definition) is 4. The van der Waals surface area contributed by atoms with Crippen molar-refractivity contribution in [1.82, 2.24) is 16.1 Å². The number of allylic oxidation sites excluding steroid dienone is 1. The van der Waals surface area contributed by atoms with E-state index < -0.39 is 23.9 Å². The van der Waals surface area contributed by atoms with Crippen LogP contribution in [0.5, 0.6) is 17.2 Å². The van der Waals surface area contributed by atoms with Gasteiger partial charge < -0.3 is 30.0 Å². The molecule has 4 N–H and O–H groups in total. The molecule has 0 spiro atoms. The number of aromatic hydroxyl groups is 1. The summed E-state index contributed by atoms with van der Waals surface area (Å²) >= 11 is 6.53. The lowest BCUT2D eigenvalue weighted by Crippen LogP contribution is -2.45. The van der Waals surface area contributed by atoms with Crippen molar-refractivity contribution < 1.29 is 33.7 Å². The molecule has 190 valence electrons. The molecular weight excluding hydrogens is 604 g/mol. The Morgan fingerprint density at radius 2 is 1.94 bits per heavy atom. The Morgan fingerprint density at radius 3 is 2.64 bits per heavy atom. The van der Waals surface area contributed by atoms with E-state index >= 15 is 0 Å². The summed E-state index contributed by atoms with van der Waals surface area (Å²) in [6, 6.07) is 6.84. The van der Waals surface area contributed by atoms with Gasteiger partial charge in [-0.3, -0.25) is 4.79 Å². The van der Waals surface area contributed by atoms with Gasteiger partial charge in [0.25, 0.3) is 5.91 Å². The van der Waals surface area contributed by atoms with Crippen LogP contribution in [0.1, 0.15) is 24.1 Å². The zero-order chi connectivity index (χ0) is 26.4. The SMILES string of the molecule is COC(=O)C1=C(C)NC(=O)N[C@H]1c1ccc(OCC(=O)N/N=C\c2cc(Br)cc(Br)c2O)c(OC)c1. The maximum absolute atomic E-state index is 12.3. The second-order valence-electron chi connectivity index (χ2n) is 7.38. The van der Waals surface area contributed by atoms with Gasteiger partial charge in [-0.1, -0.05) is 22.0 Å². The van der Waals surface area contributed by atoms with Gasteiger partial charge in [-0.25, -0.2) is 15.0 Å². The number of carbonyl (C=O) groups is 3. The standard InChI is InChI=1S/C23H22Br2N4O7/c1-11-19(22(32)35-3)20(28-23(33)27-11)12-4-5-16(17(7-12)34-2)36-10-18(30)29-26-9-13-6-14(24)8-15(25)21(13)31/h4-9,20,31H,10H2,1-3H3,(H,29,30)(H2,27,28,33)/b26-9-/t20-/m0/s1. The van der Waals surface area contributed by atoms with Crippen LogP contribution in [0.15, 0.2) is 55.6 Å². The molecular formula is C23H22Br2N4O7. The molecule has 0 aromatic heterocycles. The van der Waals surface area contributed by atoms with Crippen LogP contribution in [-0.4, -0.2) is 50.1 Å². The number of esters is 1. The smallest absolute Gasteiger partial charge is 0.337 e. The maximum Gasteiger partial charge on any atom is 0.337 e. The minimum atomic E-state index is -0.777. The van der Waals surface area contributed by atoms with Gasteiger partial charge in [0.05, 0.1) is 36.5 Å². The van der Waals surface area contributed by atoms with Crippen LogP contribution < -0.4 is 25.5 Å². The van der Waals surface area contributed by atoms with Crippen molar-refractivity contribution in [2.45, 2.75) is 13.0 Å². The Hall–Kier alpha value is -3.58. The molecule has 2 aromatic carbocycles. The minimum absolute atomic E-state index is 0.0254. The molecule has 0 aliphatic carbocycles. The van der Waals surface area contributed by atoms with E-state index in [1.807, 2.05) is 0 Å². The largest absolute Gasteiger partial charge is 0.506 e. The summed E-state index contributed by atoms with van der Waals surface area (Å²) in [5, 5.41) is 19.1. The summed E-state index contributed by atoms with van der Waals surface area (Å²) in [5.74, 6) is -0.632. The summed E-state index contributed by atoms with van der Waals surface area (Å²) in [4.78, 5) is 36.5. The number of ether oxygens (including phenoxy) is 3. The molecule has 0 unspecified atom stereocenters. The van der Waals surface area contributed by atoms with Crippen LogP contribution in [0.25, 0.3) is 0 Å². The summed E-state index contributed by atoms with van der Waals surface area (Å²) in [5.41, 5.74) is 3.86. The lowest BCUT2D eigenvalue weighted by atomic mass is 9.95. The van der Waals surface area contributed by atoms with Crippen molar-refractivity contribution in [2.24, 2.45) is 5.10 Å². The molecule has 0 saturated heterocycles. The molecule has 1 aliphatic heterocycles. The molecule has 11 nitrogen and oxygen atoms in total. The third-order valence-electron chi connectivity index (χ3n) is 5.00. The van der Waals surface area contributed by atoms with Crippen molar-refractivity contribution >= 4 is 56.0 Å². The van der Waals surface area contributed by atoms with Gasteiger partial charge in [0.1, 0.15) is 5.75 Å². The summed E-state index contributed by atoms with van der Waals surface area (Å²) < 4.78 is 17.0. The molecule has 1 aliphatic rings. The van der Waals surface area contributed by atoms with E-state index in [9.17, 15) is 19.5 Å². The van der Waals surface area contributed by atoms with Crippen molar-refractivity contribution in [1.29, 1.82) is 0 Å². The van der Waals surface area contributed by atoms with Gasteiger partial charge >= 0.3 is 12.0 Å². The zero-order valence-electron chi connectivity index (χ0n) is 19.3. The van der Waals surface area contributed by atoms with E-state index in [2.05, 4.69) is 53.0 Å². The predicted octanol–water partition coefficient (Wildman–Crippen LogP) is 3.26. The van der Waals surface area contributed by atoms with E-state index in [1.165, 1.54) is 20.4 Å². The first-order chi connectivity index (χ1) is 17.1. The van der Waals surface area contributed by atoms with Crippen LogP contribution in [0, 0.1) is 0 Å². The number of phenolic OH excluding ortho intramolecular Hbond substituents is 1. The van der Waals surface area contributed by atoms with Crippen LogP contribution in [-0.2, 0) is 14.3 Å². The van der Waals surface area contributed by atoms with E-state index in [4.69, 9.17) is 14.2 Å². The number of carbonyl (C=O) groups excluding carboxylic acids is 3. The third kappa shape index (κ3) is 6.34. The number of amides is 3. The lowest BCUT2D eigenvalue weighted by molar-refractivity contribution is -0.136. The summed E-state index contributed by atoms with van der Waals surface area (Å²) in [6.07, 6.45) is 1.29. The van der Waals surface area contributed by atoms with Crippen LogP contribution in [0.4, 0.5) is 4.79 Å². The van der Waals surface area contributed by atoms with Gasteiger partial charge in [-0.2, -0.15) is 5.10 Å². The van der Waals surface area contributed by atoms with Gasteiger partial charge in [0.15, 0.2) is 18.1 Å². The fraction of sp³-hybridized carbons (Fsp3) is 0.217. The van der Waals surface area contributed by atoms with Crippen molar-refractivity contribution in [3.8, 4) is 17.2 Å². The van der Waals surface area contributed by atoms with Gasteiger partial charge in [-0.15, -0.1) is 0 Å². The molecule has 36 heavy (non-hydrogen) atoms. The topological polar surface area (TPSA) is 148 Å². The Balaban J connectivity index is 1.70. The number of hydrazone groups is 1. The number of urea groups is 1. The van der Waals surface area contributed by atoms with E-state index in [-0.39, 0.29) is 29.4 Å². The molecule has 2 aromatic rings.